The Morgan fingerprint density at radius 2 is 1.84 bits per heavy atom. The Bertz CT molecular complexity index is 2590. The molecule has 3 saturated carbocycles. The van der Waals surface area contributed by atoms with Crippen molar-refractivity contribution in [3.63, 3.8) is 0 Å². The van der Waals surface area contributed by atoms with Crippen LogP contribution >= 0.6 is 0 Å². The molecule has 0 saturated heterocycles. The molecule has 1 aliphatic heterocycles. The number of fused-ring (bicyclic) bond motifs is 11. The number of nitrogens with one attached hydrogen (secondary N) is 1. The lowest BCUT2D eigenvalue weighted by molar-refractivity contribution is -0.114. The number of ether oxygens (including phenoxy) is 2. The van der Waals surface area contributed by atoms with Crippen LogP contribution in [0.5, 0.6) is 17.2 Å². The fourth-order valence-electron chi connectivity index (χ4n) is 14.1. The first kappa shape index (κ1) is 48.3. The molecule has 0 aromatic heterocycles. The molecule has 6 aliphatic carbocycles. The first-order valence-electron chi connectivity index (χ1n) is 26.8. The van der Waals surface area contributed by atoms with Crippen molar-refractivity contribution in [3.8, 4) is 29.1 Å². The van der Waals surface area contributed by atoms with E-state index in [2.05, 4.69) is 72.6 Å². The van der Waals surface area contributed by atoms with E-state index < -0.39 is 0 Å². The van der Waals surface area contributed by atoms with Gasteiger partial charge in [-0.1, -0.05) is 98.2 Å². The highest BCUT2D eigenvalue weighted by molar-refractivity contribution is 5.90. The molecular formula is C61H75N3O6. The number of allylic oxidation sites excluding steroid dienone is 5. The van der Waals surface area contributed by atoms with E-state index in [1.54, 1.807) is 13.2 Å². The summed E-state index contributed by atoms with van der Waals surface area (Å²) >= 11 is 0. The Morgan fingerprint density at radius 1 is 1.00 bits per heavy atom. The van der Waals surface area contributed by atoms with Gasteiger partial charge in [0, 0.05) is 55.4 Å². The lowest BCUT2D eigenvalue weighted by atomic mass is 9.55. The number of carbonyl (C=O) groups is 1. The van der Waals surface area contributed by atoms with Gasteiger partial charge in [0.05, 0.1) is 24.3 Å². The van der Waals surface area contributed by atoms with Crippen LogP contribution in [-0.4, -0.2) is 59.5 Å². The molecule has 7 aliphatic rings. The number of nitrogens with two attached hydrogens (primary N) is 1. The minimum atomic E-state index is -0.361. The largest absolute Gasteiger partial charge is 0.508 e. The van der Waals surface area contributed by atoms with Gasteiger partial charge in [-0.3, -0.25) is 4.79 Å². The van der Waals surface area contributed by atoms with Gasteiger partial charge in [-0.25, -0.2) is 4.99 Å². The predicted molar refractivity (Wildman–Crippen MR) is 277 cm³/mol. The Hall–Kier alpha value is -5.30. The number of aromatic hydroxyl groups is 2. The van der Waals surface area contributed by atoms with Crippen LogP contribution in [0.2, 0.25) is 0 Å². The van der Waals surface area contributed by atoms with E-state index in [-0.39, 0.29) is 89.4 Å². The van der Waals surface area contributed by atoms with E-state index in [4.69, 9.17) is 20.2 Å². The first-order valence-corrected chi connectivity index (χ1v) is 26.8. The molecule has 3 aromatic carbocycles. The molecule has 3 fully saturated rings. The van der Waals surface area contributed by atoms with E-state index in [0.29, 0.717) is 49.9 Å². The van der Waals surface area contributed by atoms with Gasteiger partial charge in [-0.05, 0) is 165 Å². The van der Waals surface area contributed by atoms with Crippen molar-refractivity contribution in [2.75, 3.05) is 20.3 Å². The summed E-state index contributed by atoms with van der Waals surface area (Å²) in [7, 11) is 1.79. The summed E-state index contributed by atoms with van der Waals surface area (Å²) < 4.78 is 13.1. The predicted octanol–water partition coefficient (Wildman–Crippen LogP) is 11.0. The summed E-state index contributed by atoms with van der Waals surface area (Å²) in [5.74, 6) is 9.00. The van der Waals surface area contributed by atoms with Crippen molar-refractivity contribution in [1.29, 1.82) is 0 Å². The van der Waals surface area contributed by atoms with Gasteiger partial charge in [0.1, 0.15) is 5.75 Å². The third-order valence-corrected chi connectivity index (χ3v) is 17.4. The number of hydrogen-bond acceptors (Lipinski definition) is 9. The van der Waals surface area contributed by atoms with Crippen molar-refractivity contribution >= 4 is 11.7 Å². The number of guanidine groups is 1. The number of ketones is 1. The summed E-state index contributed by atoms with van der Waals surface area (Å²) in [5, 5.41) is 38.5. The van der Waals surface area contributed by atoms with Crippen LogP contribution in [0.3, 0.4) is 0 Å². The van der Waals surface area contributed by atoms with Crippen LogP contribution in [0.4, 0.5) is 0 Å². The zero-order valence-electron chi connectivity index (χ0n) is 41.5. The number of aliphatic hydroxyl groups excluding tert-OH is 1. The molecule has 70 heavy (non-hydrogen) atoms. The number of benzene rings is 3. The van der Waals surface area contributed by atoms with Crippen molar-refractivity contribution in [1.82, 2.24) is 5.32 Å². The number of phenols is 2. The number of aliphatic hydroxyl groups is 1. The average Bonchev–Trinajstić information content (AvgIpc) is 3.87. The highest BCUT2D eigenvalue weighted by Gasteiger charge is 2.49. The number of aryl methyl sites for hydroxylation is 1. The zero-order valence-corrected chi connectivity index (χ0v) is 41.5. The number of aliphatic imine (C=N–C) groups is 1. The summed E-state index contributed by atoms with van der Waals surface area (Å²) in [4.78, 5) is 19.3. The summed E-state index contributed by atoms with van der Waals surface area (Å²) in [6, 6.07) is 16.9. The third kappa shape index (κ3) is 10.2. The Kier molecular flexibility index (Phi) is 14.6. The van der Waals surface area contributed by atoms with Crippen LogP contribution in [0.15, 0.2) is 89.5 Å². The smallest absolute Gasteiger partial charge is 0.189 e. The molecule has 8 bridgehead atoms. The van der Waals surface area contributed by atoms with Crippen molar-refractivity contribution in [2.45, 2.75) is 152 Å². The number of hydrogen-bond donors (Lipinski definition) is 5. The second-order valence-electron chi connectivity index (χ2n) is 22.2. The molecule has 6 N–H and O–H groups in total. The van der Waals surface area contributed by atoms with Gasteiger partial charge >= 0.3 is 0 Å². The molecule has 1 heterocycles. The van der Waals surface area contributed by atoms with Crippen molar-refractivity contribution < 1.29 is 29.6 Å². The van der Waals surface area contributed by atoms with Crippen LogP contribution < -0.4 is 15.8 Å². The molecule has 0 radical (unpaired) electrons. The Morgan fingerprint density at radius 3 is 2.66 bits per heavy atom. The van der Waals surface area contributed by atoms with Crippen LogP contribution in [-0.2, 0) is 27.9 Å². The van der Waals surface area contributed by atoms with E-state index in [1.807, 2.05) is 24.3 Å². The molecule has 9 unspecified atom stereocenters. The van der Waals surface area contributed by atoms with E-state index >= 15 is 0 Å². The van der Waals surface area contributed by atoms with Crippen LogP contribution in [0.1, 0.15) is 160 Å². The molecular weight excluding hydrogens is 871 g/mol. The highest BCUT2D eigenvalue weighted by Crippen LogP contribution is 2.59. The van der Waals surface area contributed by atoms with Crippen LogP contribution in [0.25, 0.3) is 0 Å². The van der Waals surface area contributed by atoms with Gasteiger partial charge in [-0.15, -0.1) is 0 Å². The molecule has 9 atom stereocenters. The van der Waals surface area contributed by atoms with Gasteiger partial charge in [-0.2, -0.15) is 0 Å². The average molecular weight is 946 g/mol. The summed E-state index contributed by atoms with van der Waals surface area (Å²) in [5.41, 5.74) is 15.3. The van der Waals surface area contributed by atoms with Gasteiger partial charge < -0.3 is 35.8 Å². The van der Waals surface area contributed by atoms with Crippen molar-refractivity contribution in [3.05, 3.63) is 123 Å². The molecule has 1 spiro atoms. The Labute approximate surface area is 416 Å². The number of nitrogens with zero attached hydrogens (tertiary/aromatic N) is 1. The van der Waals surface area contributed by atoms with E-state index in [1.165, 1.54) is 23.1 Å². The van der Waals surface area contributed by atoms with E-state index in [0.717, 1.165) is 105 Å². The second kappa shape index (κ2) is 21.2. The monoisotopic (exact) mass is 946 g/mol. The molecule has 9 nitrogen and oxygen atoms in total. The zero-order chi connectivity index (χ0) is 48.4. The first-order chi connectivity index (χ1) is 34.1. The maximum absolute atomic E-state index is 13.9. The Balaban J connectivity index is 1.15. The SMILES string of the molecule is COCC1C2C=C3C4CC(C)CC3C1c1c(O)c(OC3CCCC3)cc(CCC(=O)C=CC3CCC=CC3CO)c1C#CCC(C2)N=C(N)NC1(CCCCC1)c1cccc(c1)Cc1cc(O)cc4c1. The lowest BCUT2D eigenvalue weighted by Gasteiger charge is -2.49. The quantitative estimate of drug-likeness (QED) is 0.0767. The summed E-state index contributed by atoms with van der Waals surface area (Å²) in [6.07, 6.45) is 26.0. The third-order valence-electron chi connectivity index (χ3n) is 17.4. The maximum Gasteiger partial charge on any atom is 0.189 e. The topological polar surface area (TPSA) is 147 Å². The van der Waals surface area contributed by atoms with Crippen molar-refractivity contribution in [2.24, 2.45) is 46.2 Å². The number of phenolic OH excluding ortho intramolecular Hbond substituents is 2. The molecule has 9 heteroatoms. The molecule has 0 amide bonds. The number of rotatable bonds is 10. The lowest BCUT2D eigenvalue weighted by Crippen LogP contribution is -2.50. The fourth-order valence-corrected chi connectivity index (χ4v) is 14.1. The van der Waals surface area contributed by atoms with E-state index in [9.17, 15) is 20.1 Å². The molecule has 3 aromatic rings. The fraction of sp³-hybridized carbons (Fsp3) is 0.541. The highest BCUT2D eigenvalue weighted by atomic mass is 16.5. The summed E-state index contributed by atoms with van der Waals surface area (Å²) in [6.45, 7) is 2.88. The standard InChI is InChI=1S/C61H75N3O6/c1-38-26-52-44-29-40(31-49(67)33-44)28-39-12-10-15-46(30-39)61(24-8-3-9-25-61)64-60(62)63-47-16-11-19-51-42(21-23-48(66)22-20-41-13-4-5-14-43(41)36-65)35-56(70-50-17-6-7-18-50)59(68)58(51)57-54(27-38)53(52)34-45(32-47)55(57)37-69-2/h5,10,12,14-15,20,22,29-31,33-35,38,41,43,45,47,50,52,54-55,57,65,67-68H,3-4,6-9,13,16-18,21,23-28,32,36-37H2,1-2H3,(H3,62,63,64). The number of carbonyl (C=O) groups excluding carboxylic acids is 1. The minimum absolute atomic E-state index is 0.00105. The number of methoxy groups -OCH3 is 1. The van der Waals surface area contributed by atoms with Gasteiger partial charge in [0.15, 0.2) is 23.2 Å². The normalized spacial score (nSPS) is 29.3. The maximum atomic E-state index is 13.9. The van der Waals surface area contributed by atoms with Crippen LogP contribution in [0, 0.1) is 47.3 Å². The molecule has 370 valence electrons. The van der Waals surface area contributed by atoms with Gasteiger partial charge in [0.2, 0.25) is 0 Å². The second-order valence-corrected chi connectivity index (χ2v) is 22.2. The van der Waals surface area contributed by atoms with Gasteiger partial charge in [0.25, 0.3) is 0 Å². The minimum Gasteiger partial charge on any atom is -0.508 e. The molecule has 10 rings (SSSR count).